The van der Waals surface area contributed by atoms with E-state index in [0.717, 1.165) is 10.9 Å². The van der Waals surface area contributed by atoms with E-state index in [-0.39, 0.29) is 5.91 Å². The predicted octanol–water partition coefficient (Wildman–Crippen LogP) is 2.17. The second-order valence-corrected chi connectivity index (χ2v) is 5.31. The molecule has 0 radical (unpaired) electrons. The maximum atomic E-state index is 12.1. The van der Waals surface area contributed by atoms with E-state index >= 15 is 0 Å². The molecule has 2 rings (SSSR count). The van der Waals surface area contributed by atoms with Crippen LogP contribution in [0.1, 0.15) is 31.3 Å². The summed E-state index contributed by atoms with van der Waals surface area (Å²) in [5, 5.41) is 10.6. The van der Waals surface area contributed by atoms with Gasteiger partial charge in [0.1, 0.15) is 0 Å². The number of nitrogen functional groups attached to an aromatic ring is 1. The standard InChI is InChI=1S/C14H20N4O/c1-8(2)9(3)7-16-14(19)13-11-6-10(15)4-5-12(11)17-18-13/h4-6,8-9H,7,15H2,1-3H3,(H,16,19)(H,17,18). The summed E-state index contributed by atoms with van der Waals surface area (Å²) < 4.78 is 0. The first kappa shape index (κ1) is 13.4. The van der Waals surface area contributed by atoms with Gasteiger partial charge >= 0.3 is 0 Å². The van der Waals surface area contributed by atoms with Crippen molar-refractivity contribution in [2.75, 3.05) is 12.3 Å². The van der Waals surface area contributed by atoms with Crippen LogP contribution in [-0.2, 0) is 0 Å². The van der Waals surface area contributed by atoms with Gasteiger partial charge in [-0.05, 0) is 30.0 Å². The van der Waals surface area contributed by atoms with E-state index in [1.165, 1.54) is 0 Å². The van der Waals surface area contributed by atoms with Gasteiger partial charge in [0.15, 0.2) is 5.69 Å². The third-order valence-corrected chi connectivity index (χ3v) is 3.52. The number of fused-ring (bicyclic) bond motifs is 1. The average Bonchev–Trinajstić information content (AvgIpc) is 2.78. The zero-order chi connectivity index (χ0) is 14.0. The Balaban J connectivity index is 2.15. The molecular weight excluding hydrogens is 240 g/mol. The number of hydrogen-bond donors (Lipinski definition) is 3. The molecule has 0 aliphatic heterocycles. The highest BCUT2D eigenvalue weighted by atomic mass is 16.1. The molecule has 5 heteroatoms. The number of carbonyl (C=O) groups is 1. The van der Waals surface area contributed by atoms with Crippen molar-refractivity contribution in [3.8, 4) is 0 Å². The van der Waals surface area contributed by atoms with Gasteiger partial charge in [-0.15, -0.1) is 0 Å². The molecule has 0 aliphatic rings. The zero-order valence-corrected chi connectivity index (χ0v) is 11.5. The molecule has 5 nitrogen and oxygen atoms in total. The minimum absolute atomic E-state index is 0.163. The van der Waals surface area contributed by atoms with Crippen LogP contribution in [0, 0.1) is 11.8 Å². The predicted molar refractivity (Wildman–Crippen MR) is 76.8 cm³/mol. The lowest BCUT2D eigenvalue weighted by Crippen LogP contribution is -2.30. The van der Waals surface area contributed by atoms with Crippen LogP contribution in [0.15, 0.2) is 18.2 Å². The number of nitrogens with one attached hydrogen (secondary N) is 2. The van der Waals surface area contributed by atoms with Gasteiger partial charge in [-0.25, -0.2) is 0 Å². The Bertz CT molecular complexity index is 588. The summed E-state index contributed by atoms with van der Waals surface area (Å²) in [5.74, 6) is 0.801. The van der Waals surface area contributed by atoms with Crippen molar-refractivity contribution in [1.82, 2.24) is 15.5 Å². The van der Waals surface area contributed by atoms with Gasteiger partial charge in [-0.3, -0.25) is 9.89 Å². The third kappa shape index (κ3) is 2.86. The molecule has 2 aromatic rings. The second-order valence-electron chi connectivity index (χ2n) is 5.31. The van der Waals surface area contributed by atoms with Crippen molar-refractivity contribution in [2.45, 2.75) is 20.8 Å². The van der Waals surface area contributed by atoms with Crippen molar-refractivity contribution in [3.05, 3.63) is 23.9 Å². The van der Waals surface area contributed by atoms with Gasteiger partial charge in [0.05, 0.1) is 5.52 Å². The first-order valence-electron chi connectivity index (χ1n) is 6.51. The molecule has 1 aromatic heterocycles. The Morgan fingerprint density at radius 1 is 1.42 bits per heavy atom. The Morgan fingerprint density at radius 2 is 2.16 bits per heavy atom. The van der Waals surface area contributed by atoms with Gasteiger partial charge in [-0.1, -0.05) is 20.8 Å². The molecule has 4 N–H and O–H groups in total. The van der Waals surface area contributed by atoms with Crippen LogP contribution in [-0.4, -0.2) is 22.6 Å². The van der Waals surface area contributed by atoms with Crippen LogP contribution >= 0.6 is 0 Å². The van der Waals surface area contributed by atoms with Crippen LogP contribution in [0.3, 0.4) is 0 Å². The van der Waals surface area contributed by atoms with E-state index < -0.39 is 0 Å². The fourth-order valence-corrected chi connectivity index (χ4v) is 1.78. The number of nitrogens with zero attached hydrogens (tertiary/aromatic N) is 1. The summed E-state index contributed by atoms with van der Waals surface area (Å²) in [6.45, 7) is 7.04. The lowest BCUT2D eigenvalue weighted by molar-refractivity contribution is 0.0941. The van der Waals surface area contributed by atoms with Crippen LogP contribution in [0.25, 0.3) is 10.9 Å². The third-order valence-electron chi connectivity index (χ3n) is 3.52. The van der Waals surface area contributed by atoms with Gasteiger partial charge in [0.25, 0.3) is 5.91 Å². The monoisotopic (exact) mass is 260 g/mol. The molecule has 1 unspecified atom stereocenters. The van der Waals surface area contributed by atoms with Crippen LogP contribution in [0.5, 0.6) is 0 Å². The van der Waals surface area contributed by atoms with E-state index in [9.17, 15) is 4.79 Å². The van der Waals surface area contributed by atoms with Gasteiger partial charge in [0, 0.05) is 17.6 Å². The fourth-order valence-electron chi connectivity index (χ4n) is 1.78. The Labute approximate surface area is 112 Å². The molecule has 1 heterocycles. The highest BCUT2D eigenvalue weighted by molar-refractivity contribution is 6.05. The first-order chi connectivity index (χ1) is 8.99. The highest BCUT2D eigenvalue weighted by Gasteiger charge is 2.15. The minimum Gasteiger partial charge on any atom is -0.399 e. The number of H-pyrrole nitrogens is 1. The Morgan fingerprint density at radius 3 is 2.84 bits per heavy atom. The highest BCUT2D eigenvalue weighted by Crippen LogP contribution is 2.19. The number of carbonyl (C=O) groups excluding carboxylic acids is 1. The lowest BCUT2D eigenvalue weighted by Gasteiger charge is -2.15. The summed E-state index contributed by atoms with van der Waals surface area (Å²) in [6, 6.07) is 5.37. The topological polar surface area (TPSA) is 83.8 Å². The number of hydrogen-bond acceptors (Lipinski definition) is 3. The lowest BCUT2D eigenvalue weighted by atomic mass is 9.98. The Hall–Kier alpha value is -2.04. The molecule has 1 amide bonds. The van der Waals surface area contributed by atoms with Crippen molar-refractivity contribution in [1.29, 1.82) is 0 Å². The zero-order valence-electron chi connectivity index (χ0n) is 11.5. The van der Waals surface area contributed by atoms with Crippen LogP contribution in [0.2, 0.25) is 0 Å². The van der Waals surface area contributed by atoms with Crippen LogP contribution in [0.4, 0.5) is 5.69 Å². The van der Waals surface area contributed by atoms with E-state index in [1.54, 1.807) is 12.1 Å². The molecule has 0 saturated carbocycles. The minimum atomic E-state index is -0.163. The maximum Gasteiger partial charge on any atom is 0.272 e. The maximum absolute atomic E-state index is 12.1. The summed E-state index contributed by atoms with van der Waals surface area (Å²) in [6.07, 6.45) is 0. The second kappa shape index (κ2) is 5.30. The van der Waals surface area contributed by atoms with Crippen molar-refractivity contribution < 1.29 is 4.79 Å². The number of benzene rings is 1. The van der Waals surface area contributed by atoms with E-state index in [2.05, 4.69) is 36.3 Å². The number of aromatic amines is 1. The van der Waals surface area contributed by atoms with E-state index in [1.807, 2.05) is 6.07 Å². The fraction of sp³-hybridized carbons (Fsp3) is 0.429. The molecule has 102 valence electrons. The molecule has 19 heavy (non-hydrogen) atoms. The largest absolute Gasteiger partial charge is 0.399 e. The molecule has 1 aromatic carbocycles. The summed E-state index contributed by atoms with van der Waals surface area (Å²) in [7, 11) is 0. The SMILES string of the molecule is CC(C)C(C)CNC(=O)c1n[nH]c2ccc(N)cc12. The number of anilines is 1. The molecule has 0 fully saturated rings. The average molecular weight is 260 g/mol. The van der Waals surface area contributed by atoms with Gasteiger partial charge in [0.2, 0.25) is 0 Å². The van der Waals surface area contributed by atoms with Gasteiger partial charge < -0.3 is 11.1 Å². The summed E-state index contributed by atoms with van der Waals surface area (Å²) >= 11 is 0. The van der Waals surface area contributed by atoms with Crippen molar-refractivity contribution in [2.24, 2.45) is 11.8 Å². The summed E-state index contributed by atoms with van der Waals surface area (Å²) in [5.41, 5.74) is 7.58. The molecule has 0 spiro atoms. The molecular formula is C14H20N4O. The molecule has 0 saturated heterocycles. The number of rotatable bonds is 4. The van der Waals surface area contributed by atoms with Crippen molar-refractivity contribution in [3.63, 3.8) is 0 Å². The molecule has 1 atom stereocenters. The van der Waals surface area contributed by atoms with E-state index in [4.69, 9.17) is 5.73 Å². The van der Waals surface area contributed by atoms with Crippen LogP contribution < -0.4 is 11.1 Å². The number of amides is 1. The van der Waals surface area contributed by atoms with Crippen molar-refractivity contribution >= 4 is 22.5 Å². The van der Waals surface area contributed by atoms with E-state index in [0.29, 0.717) is 29.8 Å². The number of nitrogens with two attached hydrogens (primary N) is 1. The Kier molecular flexibility index (Phi) is 3.74. The normalized spacial score (nSPS) is 12.8. The molecule has 0 aliphatic carbocycles. The first-order valence-corrected chi connectivity index (χ1v) is 6.51. The summed E-state index contributed by atoms with van der Waals surface area (Å²) in [4.78, 5) is 12.1. The van der Waals surface area contributed by atoms with Gasteiger partial charge in [-0.2, -0.15) is 5.10 Å². The smallest absolute Gasteiger partial charge is 0.272 e. The molecule has 0 bridgehead atoms. The quantitative estimate of drug-likeness (QED) is 0.737. The number of aromatic nitrogens is 2.